The van der Waals surface area contributed by atoms with Crippen molar-refractivity contribution in [2.24, 2.45) is 17.1 Å². The highest BCUT2D eigenvalue weighted by Gasteiger charge is 2.42. The summed E-state index contributed by atoms with van der Waals surface area (Å²) in [6, 6.07) is -0.0158. The summed E-state index contributed by atoms with van der Waals surface area (Å²) in [6.07, 6.45) is 2.92. The fourth-order valence-corrected chi connectivity index (χ4v) is 4.96. The first-order chi connectivity index (χ1) is 13.0. The van der Waals surface area contributed by atoms with Crippen LogP contribution in [-0.4, -0.2) is 28.2 Å². The van der Waals surface area contributed by atoms with Crippen LogP contribution in [-0.2, 0) is 0 Å². The van der Waals surface area contributed by atoms with Crippen molar-refractivity contribution >= 4 is 11.2 Å². The van der Waals surface area contributed by atoms with Crippen molar-refractivity contribution in [1.82, 2.24) is 9.08 Å². The number of aromatic nitrogens is 2. The molecule has 0 radical (unpaired) electrons. The van der Waals surface area contributed by atoms with E-state index < -0.39 is 17.1 Å². The van der Waals surface area contributed by atoms with Crippen LogP contribution < -0.4 is 27.7 Å². The lowest BCUT2D eigenvalue weighted by Gasteiger charge is -2.28. The Morgan fingerprint density at radius 1 is 1.29 bits per heavy atom. The number of nitrogens with zero attached hydrogens (tertiary/aromatic N) is 3. The minimum atomic E-state index is -0.729. The van der Waals surface area contributed by atoms with Gasteiger partial charge in [0.25, 0.3) is 5.56 Å². The van der Waals surface area contributed by atoms with Crippen LogP contribution in [0.5, 0.6) is 0 Å². The maximum atomic E-state index is 15.2. The number of rotatable bonds is 3. The molecule has 0 amide bonds. The lowest BCUT2D eigenvalue weighted by molar-refractivity contribution is 0.256. The van der Waals surface area contributed by atoms with Crippen molar-refractivity contribution in [2.45, 2.75) is 52.5 Å². The SMILES string of the molecule is Cc1c(N2CC(C(C)N)C(C)(C)C2)c(F)cn2c(=O)n(N)c(=O)c(C3CC3)c12. The molecule has 4 N–H and O–H groups in total. The number of pyridine rings is 1. The van der Waals surface area contributed by atoms with Gasteiger partial charge in [-0.25, -0.2) is 9.18 Å². The van der Waals surface area contributed by atoms with E-state index in [4.69, 9.17) is 11.6 Å². The third-order valence-electron chi connectivity index (χ3n) is 6.49. The van der Waals surface area contributed by atoms with E-state index in [0.717, 1.165) is 12.8 Å². The zero-order valence-corrected chi connectivity index (χ0v) is 16.8. The minimum Gasteiger partial charge on any atom is -0.368 e. The van der Waals surface area contributed by atoms with Gasteiger partial charge in [0, 0.05) is 30.3 Å². The van der Waals surface area contributed by atoms with Crippen molar-refractivity contribution in [3.63, 3.8) is 0 Å². The maximum Gasteiger partial charge on any atom is 0.354 e. The van der Waals surface area contributed by atoms with Crippen LogP contribution in [0.2, 0.25) is 0 Å². The Balaban J connectivity index is 1.97. The maximum absolute atomic E-state index is 15.2. The van der Waals surface area contributed by atoms with Gasteiger partial charge in [-0.15, -0.1) is 0 Å². The lowest BCUT2D eigenvalue weighted by Crippen LogP contribution is -2.44. The van der Waals surface area contributed by atoms with Crippen LogP contribution in [0.4, 0.5) is 10.1 Å². The Labute approximate surface area is 162 Å². The third-order valence-corrected chi connectivity index (χ3v) is 6.49. The molecule has 0 spiro atoms. The second kappa shape index (κ2) is 6.07. The minimum absolute atomic E-state index is 0.0158. The Kier molecular flexibility index (Phi) is 4.12. The normalized spacial score (nSPS) is 22.8. The highest BCUT2D eigenvalue weighted by atomic mass is 19.1. The van der Waals surface area contributed by atoms with E-state index >= 15 is 4.39 Å². The highest BCUT2D eigenvalue weighted by molar-refractivity contribution is 5.73. The van der Waals surface area contributed by atoms with Gasteiger partial charge >= 0.3 is 5.69 Å². The van der Waals surface area contributed by atoms with Crippen LogP contribution in [0.25, 0.3) is 5.52 Å². The average molecular weight is 389 g/mol. The van der Waals surface area contributed by atoms with Crippen molar-refractivity contribution < 1.29 is 4.39 Å². The van der Waals surface area contributed by atoms with E-state index in [9.17, 15) is 9.59 Å². The molecule has 28 heavy (non-hydrogen) atoms. The van der Waals surface area contributed by atoms with E-state index in [2.05, 4.69) is 13.8 Å². The topological polar surface area (TPSA) is 98.8 Å². The van der Waals surface area contributed by atoms with Crippen molar-refractivity contribution in [2.75, 3.05) is 23.8 Å². The van der Waals surface area contributed by atoms with Gasteiger partial charge < -0.3 is 16.5 Å². The largest absolute Gasteiger partial charge is 0.368 e. The molecule has 2 fully saturated rings. The quantitative estimate of drug-likeness (QED) is 0.771. The van der Waals surface area contributed by atoms with E-state index in [1.165, 1.54) is 10.6 Å². The number of hydrogen-bond donors (Lipinski definition) is 2. The van der Waals surface area contributed by atoms with Gasteiger partial charge in [-0.1, -0.05) is 13.8 Å². The molecular formula is C20H28FN5O2. The number of nitrogen functional groups attached to an aromatic ring is 1. The van der Waals surface area contributed by atoms with Crippen LogP contribution in [0.1, 0.15) is 50.7 Å². The summed E-state index contributed by atoms with van der Waals surface area (Å²) in [5.74, 6) is 5.48. The van der Waals surface area contributed by atoms with E-state index in [-0.39, 0.29) is 23.3 Å². The Morgan fingerprint density at radius 2 is 1.93 bits per heavy atom. The monoisotopic (exact) mass is 389 g/mol. The molecule has 7 nitrogen and oxygen atoms in total. The summed E-state index contributed by atoms with van der Waals surface area (Å²) < 4.78 is 17.0. The van der Waals surface area contributed by atoms with Gasteiger partial charge in [0.05, 0.1) is 17.4 Å². The summed E-state index contributed by atoms with van der Waals surface area (Å²) >= 11 is 0. The summed E-state index contributed by atoms with van der Waals surface area (Å²) in [7, 11) is 0. The molecule has 1 saturated carbocycles. The van der Waals surface area contributed by atoms with Gasteiger partial charge in [0.1, 0.15) is 0 Å². The molecule has 8 heteroatoms. The molecule has 152 valence electrons. The molecule has 1 aliphatic carbocycles. The molecule has 4 rings (SSSR count). The zero-order valence-electron chi connectivity index (χ0n) is 16.8. The van der Waals surface area contributed by atoms with Crippen molar-refractivity contribution in [1.29, 1.82) is 0 Å². The summed E-state index contributed by atoms with van der Waals surface area (Å²) in [4.78, 5) is 27.2. The van der Waals surface area contributed by atoms with Crippen LogP contribution >= 0.6 is 0 Å². The molecule has 3 heterocycles. The van der Waals surface area contributed by atoms with Gasteiger partial charge in [-0.05, 0) is 43.9 Å². The number of aryl methyl sites for hydroxylation is 1. The summed E-state index contributed by atoms with van der Waals surface area (Å²) in [5, 5.41) is 0. The first kappa shape index (κ1) is 19.0. The Morgan fingerprint density at radius 3 is 2.46 bits per heavy atom. The van der Waals surface area contributed by atoms with Crippen LogP contribution in [0.15, 0.2) is 15.8 Å². The molecule has 2 aliphatic rings. The zero-order chi connectivity index (χ0) is 20.5. The fraction of sp³-hybridized carbons (Fsp3) is 0.600. The molecule has 1 saturated heterocycles. The molecule has 2 unspecified atom stereocenters. The van der Waals surface area contributed by atoms with Crippen molar-refractivity contribution in [3.8, 4) is 0 Å². The molecule has 2 atom stereocenters. The Hall–Kier alpha value is -2.35. The summed E-state index contributed by atoms with van der Waals surface area (Å²) in [6.45, 7) is 9.34. The average Bonchev–Trinajstić information content (AvgIpc) is 3.37. The number of halogens is 1. The highest BCUT2D eigenvalue weighted by Crippen LogP contribution is 2.44. The predicted octanol–water partition coefficient (Wildman–Crippen LogP) is 1.31. The number of hydrogen-bond acceptors (Lipinski definition) is 5. The van der Waals surface area contributed by atoms with Crippen molar-refractivity contribution in [3.05, 3.63) is 44.0 Å². The first-order valence-electron chi connectivity index (χ1n) is 9.80. The lowest BCUT2D eigenvalue weighted by atomic mass is 9.78. The third kappa shape index (κ3) is 2.65. The standard InChI is InChI=1S/C20H28FN5O2/c1-10-16(24-7-13(11(2)22)20(3,4)9-24)14(21)8-25-17(10)15(12-5-6-12)18(27)26(23)19(25)28/h8,11-13H,5-7,9,22-23H2,1-4H3. The van der Waals surface area contributed by atoms with E-state index in [1.807, 2.05) is 11.8 Å². The van der Waals surface area contributed by atoms with Gasteiger partial charge in [0.15, 0.2) is 5.82 Å². The van der Waals surface area contributed by atoms with Crippen LogP contribution in [0.3, 0.4) is 0 Å². The van der Waals surface area contributed by atoms with Gasteiger partial charge in [0.2, 0.25) is 0 Å². The van der Waals surface area contributed by atoms with E-state index in [1.54, 1.807) is 6.92 Å². The molecule has 2 aromatic heterocycles. The second-order valence-corrected chi connectivity index (χ2v) is 9.15. The Bertz CT molecular complexity index is 1080. The molecule has 0 aromatic carbocycles. The number of anilines is 1. The second-order valence-electron chi connectivity index (χ2n) is 9.15. The summed E-state index contributed by atoms with van der Waals surface area (Å²) in [5.41, 5.74) is 6.98. The molecular weight excluding hydrogens is 361 g/mol. The van der Waals surface area contributed by atoms with Crippen LogP contribution in [0, 0.1) is 24.1 Å². The van der Waals surface area contributed by atoms with E-state index in [0.29, 0.717) is 40.1 Å². The fourth-order valence-electron chi connectivity index (χ4n) is 4.96. The predicted molar refractivity (Wildman–Crippen MR) is 108 cm³/mol. The first-order valence-corrected chi connectivity index (χ1v) is 9.80. The molecule has 0 bridgehead atoms. The van der Waals surface area contributed by atoms with Gasteiger partial charge in [-0.2, -0.15) is 4.68 Å². The number of fused-ring (bicyclic) bond motifs is 1. The number of nitrogens with two attached hydrogens (primary N) is 2. The molecule has 2 aromatic rings. The smallest absolute Gasteiger partial charge is 0.354 e. The molecule has 1 aliphatic heterocycles. The van der Waals surface area contributed by atoms with Gasteiger partial charge in [-0.3, -0.25) is 9.20 Å².